The summed E-state index contributed by atoms with van der Waals surface area (Å²) in [6, 6.07) is 10.2. The Morgan fingerprint density at radius 1 is 1.04 bits per heavy atom. The third kappa shape index (κ3) is 3.45. The minimum atomic E-state index is 0.142. The van der Waals surface area contributed by atoms with Gasteiger partial charge in [0.2, 0.25) is 5.88 Å². The van der Waals surface area contributed by atoms with Crippen molar-refractivity contribution in [3.63, 3.8) is 0 Å². The SMILES string of the molecule is Cc1nnc(-c2ccc(-c3ccc(OC4C[C@H]5CC[C@@H](C4)N5)nn3)c(O)c2)s1. The maximum Gasteiger partial charge on any atom is 0.233 e. The number of hydrogen-bond acceptors (Lipinski definition) is 8. The molecule has 4 heterocycles. The molecule has 1 unspecified atom stereocenters. The fraction of sp³-hybridized carbons (Fsp3) is 0.400. The van der Waals surface area contributed by atoms with Gasteiger partial charge in [0, 0.05) is 29.3 Å². The van der Waals surface area contributed by atoms with E-state index in [-0.39, 0.29) is 11.9 Å². The highest BCUT2D eigenvalue weighted by Crippen LogP contribution is 2.34. The summed E-state index contributed by atoms with van der Waals surface area (Å²) in [6.07, 6.45) is 4.71. The van der Waals surface area contributed by atoms with Crippen LogP contribution in [0, 0.1) is 6.92 Å². The first kappa shape index (κ1) is 17.5. The van der Waals surface area contributed by atoms with Crippen LogP contribution in [0.5, 0.6) is 11.6 Å². The molecule has 0 saturated carbocycles. The van der Waals surface area contributed by atoms with Gasteiger partial charge in [-0.25, -0.2) is 0 Å². The lowest BCUT2D eigenvalue weighted by atomic mass is 10.0. The number of aromatic hydroxyl groups is 1. The molecule has 2 N–H and O–H groups in total. The maximum absolute atomic E-state index is 10.5. The monoisotopic (exact) mass is 395 g/mol. The van der Waals surface area contributed by atoms with Gasteiger partial charge in [-0.2, -0.15) is 0 Å². The minimum Gasteiger partial charge on any atom is -0.507 e. The van der Waals surface area contributed by atoms with Gasteiger partial charge in [-0.05, 0) is 50.8 Å². The smallest absolute Gasteiger partial charge is 0.233 e. The normalized spacial score (nSPS) is 23.7. The largest absolute Gasteiger partial charge is 0.507 e. The molecule has 3 aromatic rings. The number of fused-ring (bicyclic) bond motifs is 2. The molecule has 2 aliphatic rings. The summed E-state index contributed by atoms with van der Waals surface area (Å²) in [6.45, 7) is 1.91. The van der Waals surface area contributed by atoms with Crippen molar-refractivity contribution >= 4 is 11.3 Å². The number of aromatic nitrogens is 4. The van der Waals surface area contributed by atoms with Gasteiger partial charge in [0.15, 0.2) is 0 Å². The molecular formula is C20H21N5O2S. The molecular weight excluding hydrogens is 374 g/mol. The zero-order valence-corrected chi connectivity index (χ0v) is 16.3. The van der Waals surface area contributed by atoms with Gasteiger partial charge in [0.25, 0.3) is 0 Å². The molecule has 2 fully saturated rings. The highest BCUT2D eigenvalue weighted by Gasteiger charge is 2.34. The highest BCUT2D eigenvalue weighted by atomic mass is 32.1. The Labute approximate surface area is 166 Å². The first-order valence-electron chi connectivity index (χ1n) is 9.54. The van der Waals surface area contributed by atoms with Crippen LogP contribution in [0.1, 0.15) is 30.7 Å². The number of piperidine rings is 1. The quantitative estimate of drug-likeness (QED) is 0.700. The van der Waals surface area contributed by atoms with E-state index in [4.69, 9.17) is 4.74 Å². The average Bonchev–Trinajstić information content (AvgIpc) is 3.27. The predicted octanol–water partition coefficient (Wildman–Crippen LogP) is 3.34. The summed E-state index contributed by atoms with van der Waals surface area (Å²) in [5.41, 5.74) is 2.07. The van der Waals surface area contributed by atoms with Crippen molar-refractivity contribution in [3.8, 4) is 33.5 Å². The molecule has 8 heteroatoms. The van der Waals surface area contributed by atoms with E-state index < -0.39 is 0 Å². The standard InChI is InChI=1S/C20H21N5O2S/c1-11-22-25-20(28-11)12-2-5-16(18(26)8-12)17-6-7-19(24-23-17)27-15-9-13-3-4-14(10-15)21-13/h2,5-8,13-15,21,26H,3-4,9-10H2,1H3/t13-,14+,15?. The topological polar surface area (TPSA) is 93.1 Å². The molecule has 2 aliphatic heterocycles. The van der Waals surface area contributed by atoms with E-state index >= 15 is 0 Å². The van der Waals surface area contributed by atoms with Crippen LogP contribution >= 0.6 is 11.3 Å². The van der Waals surface area contributed by atoms with E-state index in [2.05, 4.69) is 25.7 Å². The van der Waals surface area contributed by atoms with Crippen LogP contribution in [-0.2, 0) is 0 Å². The zero-order valence-electron chi connectivity index (χ0n) is 15.5. The summed E-state index contributed by atoms with van der Waals surface area (Å²) in [4.78, 5) is 0. The van der Waals surface area contributed by atoms with Gasteiger partial charge < -0.3 is 15.2 Å². The third-order valence-corrected chi connectivity index (χ3v) is 6.29. The molecule has 0 radical (unpaired) electrons. The van der Waals surface area contributed by atoms with Crippen LogP contribution in [0.15, 0.2) is 30.3 Å². The number of phenolic OH excluding ortho intramolecular Hbond substituents is 1. The van der Waals surface area contributed by atoms with Crippen LogP contribution in [-0.4, -0.2) is 43.7 Å². The van der Waals surface area contributed by atoms with Crippen LogP contribution < -0.4 is 10.1 Å². The Balaban J connectivity index is 1.31. The lowest BCUT2D eigenvalue weighted by Gasteiger charge is -2.28. The van der Waals surface area contributed by atoms with E-state index in [9.17, 15) is 5.11 Å². The lowest BCUT2D eigenvalue weighted by Crippen LogP contribution is -2.42. The molecule has 0 amide bonds. The van der Waals surface area contributed by atoms with Gasteiger partial charge in [0.1, 0.15) is 21.9 Å². The Bertz CT molecular complexity index is 979. The molecule has 2 saturated heterocycles. The molecule has 0 spiro atoms. The molecule has 3 atom stereocenters. The molecule has 28 heavy (non-hydrogen) atoms. The second kappa shape index (κ2) is 7.10. The van der Waals surface area contributed by atoms with E-state index in [1.54, 1.807) is 6.07 Å². The average molecular weight is 395 g/mol. The summed E-state index contributed by atoms with van der Waals surface area (Å²) < 4.78 is 6.05. The van der Waals surface area contributed by atoms with Crippen molar-refractivity contribution in [2.75, 3.05) is 0 Å². The molecule has 2 bridgehead atoms. The molecule has 7 nitrogen and oxygen atoms in total. The Hall–Kier alpha value is -2.58. The number of nitrogens with zero attached hydrogens (tertiary/aromatic N) is 4. The van der Waals surface area contributed by atoms with Crippen LogP contribution in [0.4, 0.5) is 0 Å². The second-order valence-corrected chi connectivity index (χ2v) is 8.65. The zero-order chi connectivity index (χ0) is 19.1. The number of aryl methyl sites for hydroxylation is 1. The lowest BCUT2D eigenvalue weighted by molar-refractivity contribution is 0.130. The first-order chi connectivity index (χ1) is 13.6. The summed E-state index contributed by atoms with van der Waals surface area (Å²) in [5.74, 6) is 0.679. The number of rotatable bonds is 4. The van der Waals surface area contributed by atoms with Gasteiger partial charge >= 0.3 is 0 Å². The van der Waals surface area contributed by atoms with Crippen molar-refractivity contribution in [3.05, 3.63) is 35.3 Å². The van der Waals surface area contributed by atoms with Crippen molar-refractivity contribution in [1.29, 1.82) is 0 Å². The van der Waals surface area contributed by atoms with Gasteiger partial charge in [-0.15, -0.1) is 20.4 Å². The van der Waals surface area contributed by atoms with Crippen molar-refractivity contribution < 1.29 is 9.84 Å². The number of nitrogens with one attached hydrogen (secondary N) is 1. The van der Waals surface area contributed by atoms with Crippen LogP contribution in [0.2, 0.25) is 0 Å². The fourth-order valence-electron chi connectivity index (χ4n) is 4.09. The number of ether oxygens (including phenoxy) is 1. The highest BCUT2D eigenvalue weighted by molar-refractivity contribution is 7.14. The van der Waals surface area contributed by atoms with Crippen molar-refractivity contribution in [2.24, 2.45) is 0 Å². The van der Waals surface area contributed by atoms with Crippen LogP contribution in [0.25, 0.3) is 21.8 Å². The third-order valence-electron chi connectivity index (χ3n) is 5.40. The Morgan fingerprint density at radius 2 is 1.86 bits per heavy atom. The van der Waals surface area contributed by atoms with E-state index in [0.717, 1.165) is 28.4 Å². The van der Waals surface area contributed by atoms with E-state index in [0.29, 0.717) is 29.2 Å². The van der Waals surface area contributed by atoms with Gasteiger partial charge in [-0.1, -0.05) is 17.4 Å². The van der Waals surface area contributed by atoms with E-state index in [1.165, 1.54) is 24.2 Å². The van der Waals surface area contributed by atoms with Crippen molar-refractivity contribution in [2.45, 2.75) is 50.8 Å². The molecule has 0 aliphatic carbocycles. The summed E-state index contributed by atoms with van der Waals surface area (Å²) >= 11 is 1.49. The number of benzene rings is 1. The summed E-state index contributed by atoms with van der Waals surface area (Å²) in [5, 5.41) is 32.4. The molecule has 144 valence electrons. The fourth-order valence-corrected chi connectivity index (χ4v) is 4.78. The number of phenols is 1. The van der Waals surface area contributed by atoms with Gasteiger partial charge in [0.05, 0.1) is 5.69 Å². The van der Waals surface area contributed by atoms with Crippen molar-refractivity contribution in [1.82, 2.24) is 25.7 Å². The second-order valence-electron chi connectivity index (χ2n) is 7.46. The van der Waals surface area contributed by atoms with Crippen LogP contribution in [0.3, 0.4) is 0 Å². The first-order valence-corrected chi connectivity index (χ1v) is 10.4. The maximum atomic E-state index is 10.5. The Kier molecular flexibility index (Phi) is 4.44. The molecule has 1 aromatic carbocycles. The number of hydrogen-bond donors (Lipinski definition) is 2. The Morgan fingerprint density at radius 3 is 2.50 bits per heavy atom. The summed E-state index contributed by atoms with van der Waals surface area (Å²) in [7, 11) is 0. The molecule has 2 aromatic heterocycles. The van der Waals surface area contributed by atoms with Gasteiger partial charge in [-0.3, -0.25) is 0 Å². The minimum absolute atomic E-state index is 0.142. The predicted molar refractivity (Wildman–Crippen MR) is 106 cm³/mol. The van der Waals surface area contributed by atoms with E-state index in [1.807, 2.05) is 31.2 Å². The molecule has 5 rings (SSSR count).